The molecule has 0 aliphatic heterocycles. The first-order chi connectivity index (χ1) is 8.75. The normalized spacial score (nSPS) is 14.5. The average molecular weight is 289 g/mol. The van der Waals surface area contributed by atoms with Crippen LogP contribution >= 0.6 is 0 Å². The third-order valence-corrected chi connectivity index (χ3v) is 4.77. The maximum Gasteiger partial charge on any atom is 0.279 e. The second-order valence-electron chi connectivity index (χ2n) is 4.96. The van der Waals surface area contributed by atoms with Gasteiger partial charge in [-0.2, -0.15) is 12.7 Å². The van der Waals surface area contributed by atoms with E-state index in [2.05, 4.69) is 4.72 Å². The van der Waals surface area contributed by atoms with Gasteiger partial charge in [-0.3, -0.25) is 4.90 Å². The third kappa shape index (κ3) is 4.31. The van der Waals surface area contributed by atoms with Gasteiger partial charge in [-0.1, -0.05) is 0 Å². The van der Waals surface area contributed by atoms with Gasteiger partial charge in [-0.05, 0) is 40.1 Å². The number of likely N-dealkylation sites (N-methyl/N-ethyl adjacent to an activating group) is 1. The van der Waals surface area contributed by atoms with Crippen molar-refractivity contribution < 1.29 is 12.8 Å². The number of nitrogens with one attached hydrogen (secondary N) is 1. The zero-order valence-corrected chi connectivity index (χ0v) is 12.9. The second kappa shape index (κ2) is 6.51. The smallest absolute Gasteiger partial charge is 0.279 e. The van der Waals surface area contributed by atoms with Gasteiger partial charge < -0.3 is 4.42 Å². The van der Waals surface area contributed by atoms with Crippen molar-refractivity contribution in [1.82, 2.24) is 13.9 Å². The molecule has 0 amide bonds. The third-order valence-electron chi connectivity index (χ3n) is 3.06. The van der Waals surface area contributed by atoms with Crippen LogP contribution in [-0.2, 0) is 10.2 Å². The fourth-order valence-electron chi connectivity index (χ4n) is 1.58. The van der Waals surface area contributed by atoms with Crippen LogP contribution in [0.25, 0.3) is 0 Å². The standard InChI is InChI=1S/C12H23N3O3S/c1-10(2)15(5)19(16,17)13-9-11(14(3)4)12-7-6-8-18-12/h6-8,10-11,13H,9H2,1-5H3/t11-/m0/s1. The Morgan fingerprint density at radius 1 is 1.32 bits per heavy atom. The maximum atomic E-state index is 12.0. The van der Waals surface area contributed by atoms with E-state index in [1.54, 1.807) is 19.4 Å². The van der Waals surface area contributed by atoms with Gasteiger partial charge in [0.05, 0.1) is 12.3 Å². The second-order valence-corrected chi connectivity index (χ2v) is 6.77. The Kier molecular flexibility index (Phi) is 5.54. The molecule has 0 aliphatic rings. The Labute approximate surface area is 115 Å². The molecule has 0 aliphatic carbocycles. The Bertz CT molecular complexity index is 468. The molecule has 19 heavy (non-hydrogen) atoms. The average Bonchev–Trinajstić information content (AvgIpc) is 2.81. The lowest BCUT2D eigenvalue weighted by Crippen LogP contribution is -2.44. The highest BCUT2D eigenvalue weighted by atomic mass is 32.2. The molecule has 0 radical (unpaired) electrons. The van der Waals surface area contributed by atoms with E-state index in [9.17, 15) is 8.42 Å². The summed E-state index contributed by atoms with van der Waals surface area (Å²) in [6.07, 6.45) is 1.58. The quantitative estimate of drug-likeness (QED) is 0.815. The molecule has 0 bridgehead atoms. The van der Waals surface area contributed by atoms with Gasteiger partial charge in [0.15, 0.2) is 0 Å². The van der Waals surface area contributed by atoms with E-state index in [0.29, 0.717) is 0 Å². The molecule has 0 spiro atoms. The molecule has 0 saturated heterocycles. The van der Waals surface area contributed by atoms with Crippen molar-refractivity contribution in [1.29, 1.82) is 0 Å². The highest BCUT2D eigenvalue weighted by Crippen LogP contribution is 2.18. The Morgan fingerprint density at radius 3 is 2.37 bits per heavy atom. The van der Waals surface area contributed by atoms with Crippen LogP contribution in [0.5, 0.6) is 0 Å². The SMILES string of the molecule is CC(C)N(C)S(=O)(=O)NC[C@@H](c1ccco1)N(C)C. The first-order valence-corrected chi connectivity index (χ1v) is 7.62. The van der Waals surface area contributed by atoms with Crippen LogP contribution in [0.4, 0.5) is 0 Å². The van der Waals surface area contributed by atoms with Crippen LogP contribution in [0.3, 0.4) is 0 Å². The lowest BCUT2D eigenvalue weighted by Gasteiger charge is -2.26. The molecular weight excluding hydrogens is 266 g/mol. The number of rotatable bonds is 7. The zero-order valence-electron chi connectivity index (χ0n) is 12.1. The summed E-state index contributed by atoms with van der Waals surface area (Å²) in [5.41, 5.74) is 0. The molecule has 1 heterocycles. The molecule has 1 aromatic heterocycles. The van der Waals surface area contributed by atoms with E-state index in [1.807, 2.05) is 38.9 Å². The molecule has 0 fully saturated rings. The monoisotopic (exact) mass is 289 g/mol. The molecule has 0 saturated carbocycles. The van der Waals surface area contributed by atoms with E-state index >= 15 is 0 Å². The summed E-state index contributed by atoms with van der Waals surface area (Å²) >= 11 is 0. The Balaban J connectivity index is 2.73. The molecule has 7 heteroatoms. The van der Waals surface area contributed by atoms with Gasteiger partial charge in [0, 0.05) is 19.6 Å². The summed E-state index contributed by atoms with van der Waals surface area (Å²) in [6.45, 7) is 3.92. The van der Waals surface area contributed by atoms with Gasteiger partial charge in [0.2, 0.25) is 0 Å². The lowest BCUT2D eigenvalue weighted by atomic mass is 10.2. The highest BCUT2D eigenvalue weighted by Gasteiger charge is 2.24. The van der Waals surface area contributed by atoms with E-state index in [0.717, 1.165) is 5.76 Å². The Morgan fingerprint density at radius 2 is 1.95 bits per heavy atom. The summed E-state index contributed by atoms with van der Waals surface area (Å²) in [6, 6.07) is 3.41. The Hall–Kier alpha value is -0.890. The van der Waals surface area contributed by atoms with Crippen LogP contribution in [-0.4, -0.2) is 51.4 Å². The number of nitrogens with zero attached hydrogens (tertiary/aromatic N) is 2. The summed E-state index contributed by atoms with van der Waals surface area (Å²) in [4.78, 5) is 1.91. The number of hydrogen-bond donors (Lipinski definition) is 1. The molecule has 1 N–H and O–H groups in total. The molecule has 110 valence electrons. The van der Waals surface area contributed by atoms with Crippen LogP contribution < -0.4 is 4.72 Å². The lowest BCUT2D eigenvalue weighted by molar-refractivity contribution is 0.257. The highest BCUT2D eigenvalue weighted by molar-refractivity contribution is 7.87. The minimum atomic E-state index is -3.46. The molecule has 0 unspecified atom stereocenters. The van der Waals surface area contributed by atoms with Crippen LogP contribution in [0.2, 0.25) is 0 Å². The van der Waals surface area contributed by atoms with Gasteiger partial charge in [0.1, 0.15) is 5.76 Å². The number of hydrogen-bond acceptors (Lipinski definition) is 4. The van der Waals surface area contributed by atoms with Crippen molar-refractivity contribution in [2.45, 2.75) is 25.9 Å². The van der Waals surface area contributed by atoms with Gasteiger partial charge in [0.25, 0.3) is 10.2 Å². The van der Waals surface area contributed by atoms with Crippen LogP contribution in [0.1, 0.15) is 25.6 Å². The first-order valence-electron chi connectivity index (χ1n) is 6.18. The molecule has 1 atom stereocenters. The maximum absolute atomic E-state index is 12.0. The largest absolute Gasteiger partial charge is 0.468 e. The minimum absolute atomic E-state index is 0.0843. The molecule has 1 aromatic rings. The topological polar surface area (TPSA) is 65.8 Å². The fraction of sp³-hybridized carbons (Fsp3) is 0.667. The van der Waals surface area contributed by atoms with Gasteiger partial charge >= 0.3 is 0 Å². The van der Waals surface area contributed by atoms with E-state index in [1.165, 1.54) is 4.31 Å². The zero-order chi connectivity index (χ0) is 14.6. The van der Waals surface area contributed by atoms with E-state index < -0.39 is 10.2 Å². The van der Waals surface area contributed by atoms with E-state index in [4.69, 9.17) is 4.42 Å². The van der Waals surface area contributed by atoms with Crippen molar-refractivity contribution in [2.75, 3.05) is 27.7 Å². The van der Waals surface area contributed by atoms with Crippen molar-refractivity contribution >= 4 is 10.2 Å². The summed E-state index contributed by atoms with van der Waals surface area (Å²) < 4.78 is 33.3. The van der Waals surface area contributed by atoms with Crippen LogP contribution in [0.15, 0.2) is 22.8 Å². The van der Waals surface area contributed by atoms with Crippen molar-refractivity contribution in [3.8, 4) is 0 Å². The molecule has 1 rings (SSSR count). The predicted octanol–water partition coefficient (Wildman–Crippen LogP) is 1.06. The van der Waals surface area contributed by atoms with Crippen molar-refractivity contribution in [2.24, 2.45) is 0 Å². The molecule has 6 nitrogen and oxygen atoms in total. The van der Waals surface area contributed by atoms with Crippen LogP contribution in [0, 0.1) is 0 Å². The van der Waals surface area contributed by atoms with Gasteiger partial charge in [-0.15, -0.1) is 0 Å². The molecular formula is C12H23N3O3S. The first kappa shape index (κ1) is 16.2. The van der Waals surface area contributed by atoms with Crippen molar-refractivity contribution in [3.63, 3.8) is 0 Å². The van der Waals surface area contributed by atoms with E-state index in [-0.39, 0.29) is 18.6 Å². The summed E-state index contributed by atoms with van der Waals surface area (Å²) in [7, 11) is 1.86. The fourth-order valence-corrected chi connectivity index (χ4v) is 2.71. The molecule has 0 aromatic carbocycles. The predicted molar refractivity (Wildman–Crippen MR) is 75.0 cm³/mol. The number of furan rings is 1. The van der Waals surface area contributed by atoms with Crippen molar-refractivity contribution in [3.05, 3.63) is 24.2 Å². The van der Waals surface area contributed by atoms with Gasteiger partial charge in [-0.25, -0.2) is 4.72 Å². The minimum Gasteiger partial charge on any atom is -0.468 e. The summed E-state index contributed by atoms with van der Waals surface area (Å²) in [5.74, 6) is 0.736. The summed E-state index contributed by atoms with van der Waals surface area (Å²) in [5, 5.41) is 0.